The number of nitrogens with zero attached hydrogens (tertiary/aromatic N) is 3. The molecule has 0 aliphatic rings. The second-order valence-electron chi connectivity index (χ2n) is 6.25. The van der Waals surface area contributed by atoms with Crippen molar-refractivity contribution in [2.45, 2.75) is 0 Å². The molecule has 2 aromatic carbocycles. The van der Waals surface area contributed by atoms with E-state index in [-0.39, 0.29) is 5.91 Å². The van der Waals surface area contributed by atoms with Crippen LogP contribution in [-0.2, 0) is 7.05 Å². The molecule has 0 aliphatic carbocycles. The number of hydrogen-bond donors (Lipinski definition) is 1. The summed E-state index contributed by atoms with van der Waals surface area (Å²) >= 11 is 12.0. The van der Waals surface area contributed by atoms with Crippen LogP contribution in [0.2, 0.25) is 10.0 Å². The molecule has 0 atom stereocenters. The van der Waals surface area contributed by atoms with Gasteiger partial charge in [0.05, 0.1) is 15.4 Å². The van der Waals surface area contributed by atoms with Crippen molar-refractivity contribution in [3.63, 3.8) is 0 Å². The van der Waals surface area contributed by atoms with Crippen LogP contribution in [0.5, 0.6) is 0 Å². The summed E-state index contributed by atoms with van der Waals surface area (Å²) in [6, 6.07) is 16.3. The zero-order valence-electron chi connectivity index (χ0n) is 15.3. The van der Waals surface area contributed by atoms with Crippen molar-refractivity contribution in [1.29, 1.82) is 0 Å². The summed E-state index contributed by atoms with van der Waals surface area (Å²) in [7, 11) is 1.77. The first-order chi connectivity index (χ1) is 14.0. The highest BCUT2D eigenvalue weighted by atomic mass is 35.5. The molecule has 29 heavy (non-hydrogen) atoms. The first-order valence-electron chi connectivity index (χ1n) is 8.67. The molecule has 2 aromatic heterocycles. The standard InChI is InChI=1S/C22H14Cl2N4O/c1-28-20(22(29)27-15-8-9-17(23)18(24)11-15)12-16-19(25-13-26-21(16)28)10-7-14-5-3-2-4-6-14/h2-6,8-9,11-13H,1H3,(H,27,29). The molecule has 0 radical (unpaired) electrons. The van der Waals surface area contributed by atoms with Gasteiger partial charge in [0.1, 0.15) is 23.4 Å². The van der Waals surface area contributed by atoms with Crippen LogP contribution in [0, 0.1) is 11.8 Å². The number of hydrogen-bond acceptors (Lipinski definition) is 3. The Balaban J connectivity index is 1.69. The number of rotatable bonds is 2. The maximum atomic E-state index is 12.8. The number of fused-ring (bicyclic) bond motifs is 1. The molecule has 0 bridgehead atoms. The Morgan fingerprint density at radius 1 is 1.00 bits per heavy atom. The third kappa shape index (κ3) is 3.95. The highest BCUT2D eigenvalue weighted by Gasteiger charge is 2.17. The molecule has 2 heterocycles. The summed E-state index contributed by atoms with van der Waals surface area (Å²) in [6.45, 7) is 0. The van der Waals surface area contributed by atoms with Gasteiger partial charge in [-0.25, -0.2) is 9.97 Å². The molecule has 4 rings (SSSR count). The summed E-state index contributed by atoms with van der Waals surface area (Å²) < 4.78 is 1.71. The minimum Gasteiger partial charge on any atom is -0.324 e. The maximum absolute atomic E-state index is 12.8. The fourth-order valence-corrected chi connectivity index (χ4v) is 3.17. The van der Waals surface area contributed by atoms with Crippen LogP contribution in [0.25, 0.3) is 11.0 Å². The molecule has 0 saturated carbocycles. The Bertz CT molecular complexity index is 1290. The fraction of sp³-hybridized carbons (Fsp3) is 0.0455. The second kappa shape index (κ2) is 7.96. The third-order valence-electron chi connectivity index (χ3n) is 4.33. The van der Waals surface area contributed by atoms with Crippen LogP contribution in [0.1, 0.15) is 21.7 Å². The normalized spacial score (nSPS) is 10.4. The zero-order chi connectivity index (χ0) is 20.4. The third-order valence-corrected chi connectivity index (χ3v) is 5.07. The molecular weight excluding hydrogens is 407 g/mol. The molecule has 4 aromatic rings. The van der Waals surface area contributed by atoms with Crippen molar-refractivity contribution >= 4 is 45.8 Å². The van der Waals surface area contributed by atoms with E-state index >= 15 is 0 Å². The van der Waals surface area contributed by atoms with Crippen molar-refractivity contribution in [2.24, 2.45) is 7.05 Å². The molecule has 5 nitrogen and oxygen atoms in total. The lowest BCUT2D eigenvalue weighted by atomic mass is 10.2. The lowest BCUT2D eigenvalue weighted by Gasteiger charge is -2.07. The van der Waals surface area contributed by atoms with Crippen LogP contribution in [0.3, 0.4) is 0 Å². The number of nitrogens with one attached hydrogen (secondary N) is 1. The molecule has 0 spiro atoms. The van der Waals surface area contributed by atoms with Crippen molar-refractivity contribution < 1.29 is 4.79 Å². The minimum absolute atomic E-state index is 0.300. The van der Waals surface area contributed by atoms with Crippen LogP contribution < -0.4 is 5.32 Å². The summed E-state index contributed by atoms with van der Waals surface area (Å²) in [5.41, 5.74) is 3.03. The molecule has 1 N–H and O–H groups in total. The average Bonchev–Trinajstić information content (AvgIpc) is 3.07. The molecule has 0 fully saturated rings. The van der Waals surface area contributed by atoms with Gasteiger partial charge in [0.15, 0.2) is 0 Å². The first-order valence-corrected chi connectivity index (χ1v) is 9.42. The number of amides is 1. The topological polar surface area (TPSA) is 59.8 Å². The average molecular weight is 421 g/mol. The molecular formula is C22H14Cl2N4O. The monoisotopic (exact) mass is 420 g/mol. The van der Waals surface area contributed by atoms with E-state index in [2.05, 4.69) is 27.1 Å². The summed E-state index contributed by atoms with van der Waals surface area (Å²) in [6.07, 6.45) is 1.44. The Labute approximate surface area is 177 Å². The number of halogens is 2. The van der Waals surface area contributed by atoms with E-state index in [1.54, 1.807) is 35.9 Å². The summed E-state index contributed by atoms with van der Waals surface area (Å²) in [4.78, 5) is 21.4. The molecule has 1 amide bonds. The van der Waals surface area contributed by atoms with E-state index in [1.165, 1.54) is 6.33 Å². The Hall–Kier alpha value is -3.33. The predicted octanol–water partition coefficient (Wildman–Crippen LogP) is 4.93. The second-order valence-corrected chi connectivity index (χ2v) is 7.06. The molecule has 7 heteroatoms. The zero-order valence-corrected chi connectivity index (χ0v) is 16.8. The Kier molecular flexibility index (Phi) is 5.22. The SMILES string of the molecule is Cn1c(C(=O)Nc2ccc(Cl)c(Cl)c2)cc2c(C#Cc3ccccc3)ncnc21. The highest BCUT2D eigenvalue weighted by Crippen LogP contribution is 2.26. The van der Waals surface area contributed by atoms with E-state index in [0.717, 1.165) is 5.56 Å². The van der Waals surface area contributed by atoms with E-state index in [9.17, 15) is 4.79 Å². The lowest BCUT2D eigenvalue weighted by molar-refractivity contribution is 0.101. The summed E-state index contributed by atoms with van der Waals surface area (Å²) in [5, 5.41) is 4.31. The number of carbonyl (C=O) groups is 1. The van der Waals surface area contributed by atoms with E-state index in [4.69, 9.17) is 23.2 Å². The fourth-order valence-electron chi connectivity index (χ4n) is 2.87. The van der Waals surface area contributed by atoms with E-state index < -0.39 is 0 Å². The van der Waals surface area contributed by atoms with Gasteiger partial charge >= 0.3 is 0 Å². The van der Waals surface area contributed by atoms with Gasteiger partial charge in [-0.05, 0) is 42.3 Å². The van der Waals surface area contributed by atoms with Gasteiger partial charge < -0.3 is 9.88 Å². The molecule has 0 unspecified atom stereocenters. The highest BCUT2D eigenvalue weighted by molar-refractivity contribution is 6.42. The van der Waals surface area contributed by atoms with E-state index in [1.807, 2.05) is 30.3 Å². The smallest absolute Gasteiger partial charge is 0.272 e. The van der Waals surface area contributed by atoms with E-state index in [0.29, 0.717) is 38.2 Å². The van der Waals surface area contributed by atoms with Crippen LogP contribution in [-0.4, -0.2) is 20.4 Å². The maximum Gasteiger partial charge on any atom is 0.272 e. The quantitative estimate of drug-likeness (QED) is 0.467. The van der Waals surface area contributed by atoms with Crippen molar-refractivity contribution in [2.75, 3.05) is 5.32 Å². The van der Waals surface area contributed by atoms with Gasteiger partial charge in [-0.15, -0.1) is 0 Å². The number of aryl methyl sites for hydroxylation is 1. The van der Waals surface area contributed by atoms with Crippen molar-refractivity contribution in [3.05, 3.63) is 87.9 Å². The van der Waals surface area contributed by atoms with Gasteiger partial charge in [0.25, 0.3) is 5.91 Å². The number of carbonyl (C=O) groups excluding carboxylic acids is 1. The molecule has 142 valence electrons. The van der Waals surface area contributed by atoms with Gasteiger partial charge in [-0.3, -0.25) is 4.79 Å². The number of aromatic nitrogens is 3. The summed E-state index contributed by atoms with van der Waals surface area (Å²) in [5.74, 6) is 5.85. The van der Waals surface area contributed by atoms with Gasteiger partial charge in [0.2, 0.25) is 0 Å². The van der Waals surface area contributed by atoms with Gasteiger partial charge in [-0.1, -0.05) is 47.3 Å². The minimum atomic E-state index is -0.300. The van der Waals surface area contributed by atoms with Gasteiger partial charge in [-0.2, -0.15) is 0 Å². The molecule has 0 saturated heterocycles. The van der Waals surface area contributed by atoms with Crippen LogP contribution >= 0.6 is 23.2 Å². The first kappa shape index (κ1) is 19.0. The Morgan fingerprint density at radius 2 is 1.79 bits per heavy atom. The van der Waals surface area contributed by atoms with Crippen molar-refractivity contribution in [3.8, 4) is 11.8 Å². The number of benzene rings is 2. The van der Waals surface area contributed by atoms with Crippen LogP contribution in [0.15, 0.2) is 60.9 Å². The Morgan fingerprint density at radius 3 is 2.55 bits per heavy atom. The lowest BCUT2D eigenvalue weighted by Crippen LogP contribution is -2.15. The predicted molar refractivity (Wildman–Crippen MR) is 115 cm³/mol. The van der Waals surface area contributed by atoms with Crippen LogP contribution in [0.4, 0.5) is 5.69 Å². The van der Waals surface area contributed by atoms with Crippen molar-refractivity contribution in [1.82, 2.24) is 14.5 Å². The molecule has 0 aliphatic heterocycles. The van der Waals surface area contributed by atoms with Gasteiger partial charge in [0, 0.05) is 18.3 Å². The number of anilines is 1. The largest absolute Gasteiger partial charge is 0.324 e.